The Bertz CT molecular complexity index is 1670. The van der Waals surface area contributed by atoms with Crippen molar-refractivity contribution >= 4 is 28.8 Å². The summed E-state index contributed by atoms with van der Waals surface area (Å²) >= 11 is 0. The number of hydrogen-bond donors (Lipinski definition) is 2. The number of amides is 2. The molecule has 0 saturated carbocycles. The van der Waals surface area contributed by atoms with Gasteiger partial charge in [0.2, 0.25) is 11.9 Å². The minimum absolute atomic E-state index is 0.232. The fourth-order valence-corrected chi connectivity index (χ4v) is 5.52. The fourth-order valence-electron chi connectivity index (χ4n) is 5.52. The monoisotopic (exact) mass is 561 g/mol. The Balaban J connectivity index is 1.12. The van der Waals surface area contributed by atoms with Crippen molar-refractivity contribution < 1.29 is 9.59 Å². The number of hydrogen-bond acceptors (Lipinski definition) is 5. The zero-order valence-corrected chi connectivity index (χ0v) is 23.6. The number of aryl methyl sites for hydroxylation is 1. The predicted molar refractivity (Wildman–Crippen MR) is 163 cm³/mol. The van der Waals surface area contributed by atoms with Gasteiger partial charge in [-0.05, 0) is 86.1 Å². The lowest BCUT2D eigenvalue weighted by Gasteiger charge is -2.26. The Morgan fingerprint density at radius 1 is 0.857 bits per heavy atom. The molecular weight excluding hydrogens is 526 g/mol. The maximum Gasteiger partial charge on any atom is 0.258 e. The van der Waals surface area contributed by atoms with Crippen LogP contribution in [0, 0.1) is 0 Å². The van der Waals surface area contributed by atoms with Crippen LogP contribution in [-0.4, -0.2) is 54.8 Å². The molecule has 5 aromatic rings. The second kappa shape index (κ2) is 12.8. The van der Waals surface area contributed by atoms with Gasteiger partial charge < -0.3 is 4.90 Å². The lowest BCUT2D eigenvalue weighted by molar-refractivity contribution is -0.132. The van der Waals surface area contributed by atoms with Crippen molar-refractivity contribution in [1.29, 1.82) is 0 Å². The molecule has 0 aliphatic carbocycles. The van der Waals surface area contributed by atoms with E-state index in [1.165, 1.54) is 6.42 Å². The summed E-state index contributed by atoms with van der Waals surface area (Å²) in [6, 6.07) is 23.3. The summed E-state index contributed by atoms with van der Waals surface area (Å²) in [7, 11) is 0. The number of nitrogens with one attached hydrogen (secondary N) is 2. The molecule has 9 nitrogen and oxygen atoms in total. The number of rotatable bonds is 10. The smallest absolute Gasteiger partial charge is 0.258 e. The second-order valence-electron chi connectivity index (χ2n) is 10.8. The highest BCUT2D eigenvalue weighted by atomic mass is 16.2. The van der Waals surface area contributed by atoms with Crippen LogP contribution in [0.1, 0.15) is 61.0 Å². The van der Waals surface area contributed by atoms with Gasteiger partial charge in [0.05, 0.1) is 11.2 Å². The molecule has 1 aliphatic heterocycles. The fraction of sp³-hybridized carbons (Fsp3) is 0.303. The van der Waals surface area contributed by atoms with Crippen LogP contribution in [0.3, 0.4) is 0 Å². The number of likely N-dealkylation sites (tertiary alicyclic amines) is 1. The third-order valence-corrected chi connectivity index (χ3v) is 7.83. The number of aromatic nitrogens is 5. The van der Waals surface area contributed by atoms with Crippen LogP contribution in [0.25, 0.3) is 27.8 Å². The highest BCUT2D eigenvalue weighted by molar-refractivity contribution is 6.04. The standard InChI is InChI=1S/C33H35N7O2/c41-31(39-19-8-3-9-20-39)16-7-1-4-13-27-23-40(28-14-5-2-6-15-28)33(34-27)35-32(42)26-12-10-11-24(21-26)25-17-18-29-30(22-25)37-38-36-29/h2,5-6,10-12,14-15,17-18,21-23H,1,3-4,7-9,13,16,19-20H2,(H,34,35,42)(H,36,37,38). The van der Waals surface area contributed by atoms with E-state index < -0.39 is 0 Å². The van der Waals surface area contributed by atoms with E-state index in [0.717, 1.165) is 85.2 Å². The first-order valence-corrected chi connectivity index (χ1v) is 14.8. The van der Waals surface area contributed by atoms with Crippen molar-refractivity contribution in [3.05, 3.63) is 90.3 Å². The van der Waals surface area contributed by atoms with Crippen LogP contribution in [-0.2, 0) is 11.2 Å². The normalized spacial score (nSPS) is 13.4. The number of para-hydroxylation sites is 1. The first-order chi connectivity index (χ1) is 20.6. The maximum absolute atomic E-state index is 13.4. The molecule has 0 spiro atoms. The Morgan fingerprint density at radius 3 is 2.55 bits per heavy atom. The third-order valence-electron chi connectivity index (χ3n) is 7.83. The van der Waals surface area contributed by atoms with Gasteiger partial charge in [-0.25, -0.2) is 4.98 Å². The number of fused-ring (bicyclic) bond motifs is 1. The number of nitrogens with zero attached hydrogens (tertiary/aromatic N) is 5. The van der Waals surface area contributed by atoms with Gasteiger partial charge in [-0.3, -0.25) is 24.6 Å². The Labute approximate surface area is 245 Å². The van der Waals surface area contributed by atoms with E-state index in [9.17, 15) is 9.59 Å². The number of carbonyl (C=O) groups is 2. The van der Waals surface area contributed by atoms with Gasteiger partial charge >= 0.3 is 0 Å². The molecule has 42 heavy (non-hydrogen) atoms. The summed E-state index contributed by atoms with van der Waals surface area (Å²) in [6.45, 7) is 1.82. The van der Waals surface area contributed by atoms with E-state index in [-0.39, 0.29) is 11.8 Å². The molecule has 3 aromatic carbocycles. The molecule has 2 amide bonds. The number of benzene rings is 3. The summed E-state index contributed by atoms with van der Waals surface area (Å²) in [4.78, 5) is 32.7. The van der Waals surface area contributed by atoms with Gasteiger partial charge in [0.15, 0.2) is 0 Å². The minimum atomic E-state index is -0.232. The van der Waals surface area contributed by atoms with Gasteiger partial charge in [-0.1, -0.05) is 48.0 Å². The number of aromatic amines is 1. The molecule has 2 aromatic heterocycles. The lowest BCUT2D eigenvalue weighted by atomic mass is 10.0. The summed E-state index contributed by atoms with van der Waals surface area (Å²) in [5.74, 6) is 0.539. The average Bonchev–Trinajstić information content (AvgIpc) is 3.68. The topological polar surface area (TPSA) is 109 Å². The number of anilines is 1. The van der Waals surface area contributed by atoms with Crippen LogP contribution in [0.2, 0.25) is 0 Å². The Morgan fingerprint density at radius 2 is 1.69 bits per heavy atom. The van der Waals surface area contributed by atoms with Crippen molar-refractivity contribution in [3.63, 3.8) is 0 Å². The molecule has 0 bridgehead atoms. The molecule has 6 rings (SSSR count). The predicted octanol–water partition coefficient (Wildman–Crippen LogP) is 6.18. The van der Waals surface area contributed by atoms with Crippen LogP contribution in [0.4, 0.5) is 5.95 Å². The van der Waals surface area contributed by atoms with E-state index in [2.05, 4.69) is 20.7 Å². The van der Waals surface area contributed by atoms with Crippen LogP contribution >= 0.6 is 0 Å². The highest BCUT2D eigenvalue weighted by Gasteiger charge is 2.17. The maximum atomic E-state index is 13.4. The van der Waals surface area contributed by atoms with E-state index in [0.29, 0.717) is 17.9 Å². The number of H-pyrrole nitrogens is 1. The second-order valence-corrected chi connectivity index (χ2v) is 10.8. The zero-order valence-electron chi connectivity index (χ0n) is 23.6. The van der Waals surface area contributed by atoms with Crippen molar-refractivity contribution in [2.75, 3.05) is 18.4 Å². The van der Waals surface area contributed by atoms with Crippen LogP contribution in [0.15, 0.2) is 79.0 Å². The molecule has 214 valence electrons. The van der Waals surface area contributed by atoms with Gasteiger partial charge in [-0.15, -0.1) is 5.10 Å². The van der Waals surface area contributed by atoms with Gasteiger partial charge in [0.1, 0.15) is 5.52 Å². The molecule has 1 aliphatic rings. The molecule has 0 atom stereocenters. The molecule has 3 heterocycles. The van der Waals surface area contributed by atoms with Gasteiger partial charge in [0.25, 0.3) is 5.91 Å². The molecule has 1 saturated heterocycles. The number of unbranched alkanes of at least 4 members (excludes halogenated alkanes) is 2. The van der Waals surface area contributed by atoms with E-state index in [1.807, 2.05) is 82.4 Å². The summed E-state index contributed by atoms with van der Waals surface area (Å²) in [5.41, 5.74) is 5.88. The van der Waals surface area contributed by atoms with Crippen molar-refractivity contribution in [1.82, 2.24) is 29.9 Å². The molecule has 0 radical (unpaired) electrons. The largest absolute Gasteiger partial charge is 0.343 e. The van der Waals surface area contributed by atoms with Gasteiger partial charge in [-0.2, -0.15) is 0 Å². The van der Waals surface area contributed by atoms with E-state index in [4.69, 9.17) is 4.98 Å². The van der Waals surface area contributed by atoms with Crippen molar-refractivity contribution in [2.45, 2.75) is 51.4 Å². The first kappa shape index (κ1) is 27.4. The van der Waals surface area contributed by atoms with E-state index in [1.54, 1.807) is 6.07 Å². The molecule has 2 N–H and O–H groups in total. The Hall–Kier alpha value is -4.79. The van der Waals surface area contributed by atoms with Crippen LogP contribution in [0.5, 0.6) is 0 Å². The SMILES string of the molecule is O=C(Nc1nc(CCCCCC(=O)N2CCCCC2)cn1-c1ccccc1)c1cccc(-c2ccc3[nH]nnc3c2)c1. The van der Waals surface area contributed by atoms with E-state index >= 15 is 0 Å². The first-order valence-electron chi connectivity index (χ1n) is 14.8. The molecule has 0 unspecified atom stereocenters. The lowest BCUT2D eigenvalue weighted by Crippen LogP contribution is -2.35. The van der Waals surface area contributed by atoms with Crippen molar-refractivity contribution in [3.8, 4) is 16.8 Å². The molecule has 1 fully saturated rings. The quantitative estimate of drug-likeness (QED) is 0.198. The summed E-state index contributed by atoms with van der Waals surface area (Å²) in [6.07, 6.45) is 9.66. The van der Waals surface area contributed by atoms with Crippen molar-refractivity contribution in [2.24, 2.45) is 0 Å². The minimum Gasteiger partial charge on any atom is -0.343 e. The molecule has 9 heteroatoms. The summed E-state index contributed by atoms with van der Waals surface area (Å²) < 4.78 is 1.93. The number of piperidine rings is 1. The Kier molecular flexibility index (Phi) is 8.35. The number of carbonyl (C=O) groups excluding carboxylic acids is 2. The number of imidazole rings is 1. The molecular formula is C33H35N7O2. The summed E-state index contributed by atoms with van der Waals surface area (Å²) in [5, 5.41) is 13.9. The highest BCUT2D eigenvalue weighted by Crippen LogP contribution is 2.25. The average molecular weight is 562 g/mol. The third kappa shape index (κ3) is 6.40. The van der Waals surface area contributed by atoms with Gasteiger partial charge in [0, 0.05) is 37.0 Å². The zero-order chi connectivity index (χ0) is 28.7. The van der Waals surface area contributed by atoms with Crippen LogP contribution < -0.4 is 5.32 Å².